The lowest BCUT2D eigenvalue weighted by atomic mass is 10.0. The summed E-state index contributed by atoms with van der Waals surface area (Å²) in [5.74, 6) is -3.23. The highest BCUT2D eigenvalue weighted by molar-refractivity contribution is 9.10. The molecule has 1 saturated carbocycles. The molecule has 1 fully saturated rings. The Bertz CT molecular complexity index is 2440. The van der Waals surface area contributed by atoms with Crippen LogP contribution in [0, 0.1) is 5.82 Å². The molecular formula is C36H40BrClF7N4O11PS2. The molecule has 350 valence electrons. The maximum atomic E-state index is 14.3. The van der Waals surface area contributed by atoms with Gasteiger partial charge in [-0.15, -0.1) is 0 Å². The molecule has 4 aromatic rings. The number of aliphatic carboxylic acids is 1. The number of aromatic nitrogens is 3. The van der Waals surface area contributed by atoms with Gasteiger partial charge in [0.25, 0.3) is 0 Å². The first kappa shape index (κ1) is 55.3. The number of sulfone groups is 1. The molecule has 15 nitrogen and oxygen atoms in total. The minimum absolute atomic E-state index is 0.0441. The molecule has 0 radical (unpaired) electrons. The van der Waals surface area contributed by atoms with Crippen LogP contribution in [-0.2, 0) is 54.2 Å². The lowest BCUT2D eigenvalue weighted by Crippen LogP contribution is -2.25. The summed E-state index contributed by atoms with van der Waals surface area (Å²) < 4.78 is 136. The molecule has 63 heavy (non-hydrogen) atoms. The maximum absolute atomic E-state index is 14.3. The van der Waals surface area contributed by atoms with Gasteiger partial charge in [-0.2, -0.15) is 31.4 Å². The van der Waals surface area contributed by atoms with Crippen LogP contribution in [0.3, 0.4) is 0 Å². The molecule has 5 rings (SSSR count). The average molecular weight is 1050 g/mol. The van der Waals surface area contributed by atoms with Crippen molar-refractivity contribution in [3.8, 4) is 11.3 Å². The monoisotopic (exact) mass is 1050 g/mol. The largest absolute Gasteiger partial charge is 0.778 e. The zero-order valence-electron chi connectivity index (χ0n) is 34.0. The number of aryl methyl sites for hydroxylation is 1. The number of rotatable bonds is 11. The van der Waals surface area contributed by atoms with Gasteiger partial charge in [0.1, 0.15) is 19.1 Å². The topological polar surface area (TPSA) is 231 Å². The quantitative estimate of drug-likeness (QED) is 0.0448. The van der Waals surface area contributed by atoms with E-state index in [1.807, 2.05) is 5.32 Å². The number of alkyl halides is 6. The van der Waals surface area contributed by atoms with E-state index in [2.05, 4.69) is 45.0 Å². The summed E-state index contributed by atoms with van der Waals surface area (Å²) in [6.45, 7) is 2.75. The third-order valence-corrected chi connectivity index (χ3v) is 10.3. The zero-order chi connectivity index (χ0) is 48.6. The van der Waals surface area contributed by atoms with Crippen LogP contribution in [0.5, 0.6) is 0 Å². The van der Waals surface area contributed by atoms with E-state index in [-0.39, 0.29) is 38.9 Å². The standard InChI is InChI=1S/C15H12BrClF4N2O2.C15H12F3NO4S.C3H8NO5P.C3H9S/c1-6(2)25-14(24)7-4-8(10(18)5-9(7)17)12-11(16)13(15(19,20)21)23(3)22-12;1-24(21,22)12-6-9(15(16,17)18)4-5-10(12)13(20)11-7-19-23-14(11)8-2-3-8;5-3(6)1-4-2-10(7,8)9;1-4(2)3/h4-6H,1-3H3;4-8H,2-3H2,1H3;4H,1-2H2,(H,5,6)(H2,7,8,9);1-3H3/q;;;+1/p-1. The number of hydrogen-bond donors (Lipinski definition) is 3. The Morgan fingerprint density at radius 1 is 1.08 bits per heavy atom. The predicted octanol–water partition coefficient (Wildman–Crippen LogP) is 7.09. The zero-order valence-corrected chi connectivity index (χ0v) is 38.9. The number of carbonyl (C=O) groups is 3. The molecule has 0 saturated heterocycles. The molecule has 0 bridgehead atoms. The minimum Gasteiger partial charge on any atom is -0.778 e. The van der Waals surface area contributed by atoms with Crippen LogP contribution >= 0.6 is 35.1 Å². The van der Waals surface area contributed by atoms with Crippen molar-refractivity contribution in [1.82, 2.24) is 20.3 Å². The van der Waals surface area contributed by atoms with Crippen LogP contribution in [0.15, 0.2) is 50.4 Å². The highest BCUT2D eigenvalue weighted by Gasteiger charge is 2.40. The van der Waals surface area contributed by atoms with Gasteiger partial charge in [-0.25, -0.2) is 17.6 Å². The molecule has 1 unspecified atom stereocenters. The van der Waals surface area contributed by atoms with E-state index in [0.29, 0.717) is 33.5 Å². The van der Waals surface area contributed by atoms with Crippen LogP contribution in [0.2, 0.25) is 5.02 Å². The second-order valence-corrected chi connectivity index (χ2v) is 21.2. The molecule has 0 spiro atoms. The second kappa shape index (κ2) is 22.4. The number of carbonyl (C=O) groups excluding carboxylic acids is 2. The minimum atomic E-state index is -4.71. The van der Waals surface area contributed by atoms with Crippen molar-refractivity contribution in [2.24, 2.45) is 7.05 Å². The lowest BCUT2D eigenvalue weighted by molar-refractivity contribution is -0.193. The molecule has 2 aromatic heterocycles. The van der Waals surface area contributed by atoms with E-state index in [1.165, 1.54) is 6.20 Å². The average Bonchev–Trinajstić information content (AvgIpc) is 3.74. The van der Waals surface area contributed by atoms with E-state index in [0.717, 1.165) is 44.3 Å². The number of nitrogens with zero attached hydrogens (tertiary/aromatic N) is 3. The van der Waals surface area contributed by atoms with Gasteiger partial charge in [-0.3, -0.25) is 19.6 Å². The summed E-state index contributed by atoms with van der Waals surface area (Å²) in [6.07, 6.45) is -0.412. The van der Waals surface area contributed by atoms with Crippen molar-refractivity contribution in [3.63, 3.8) is 0 Å². The molecule has 1 aliphatic rings. The van der Waals surface area contributed by atoms with Gasteiger partial charge in [0.05, 0.1) is 75.0 Å². The fourth-order valence-corrected chi connectivity index (χ4v) is 7.14. The third kappa shape index (κ3) is 17.2. The maximum Gasteiger partial charge on any atom is 0.434 e. The van der Waals surface area contributed by atoms with Gasteiger partial charge in [0, 0.05) is 30.3 Å². The van der Waals surface area contributed by atoms with E-state index in [1.54, 1.807) is 13.8 Å². The van der Waals surface area contributed by atoms with E-state index >= 15 is 0 Å². The number of carboxylic acid groups (broad SMARTS) is 1. The number of nitrogens with one attached hydrogen (secondary N) is 1. The number of esters is 1. The SMILES string of the molecule is CC(C)OC(=O)c1cc(-c2nn(C)c(C(F)(F)F)c2Br)c(F)cc1Cl.CS(=O)(=O)c1cc(C(F)(F)F)ccc1C(=O)c1cnoc1C1CC1.C[S+](C)C.O=C(O)CNCP(=O)([O-])O. The van der Waals surface area contributed by atoms with Gasteiger partial charge in [-0.05, 0) is 83.8 Å². The van der Waals surface area contributed by atoms with Gasteiger partial charge < -0.3 is 28.7 Å². The van der Waals surface area contributed by atoms with Crippen LogP contribution < -0.4 is 10.2 Å². The van der Waals surface area contributed by atoms with Crippen LogP contribution in [0.25, 0.3) is 11.3 Å². The molecule has 0 aliphatic heterocycles. The van der Waals surface area contributed by atoms with Gasteiger partial charge >= 0.3 is 24.3 Å². The summed E-state index contributed by atoms with van der Waals surface area (Å²) in [5, 5.41) is 17.0. The van der Waals surface area contributed by atoms with Crippen molar-refractivity contribution in [3.05, 3.63) is 85.5 Å². The number of halogens is 9. The molecule has 2 aromatic carbocycles. The summed E-state index contributed by atoms with van der Waals surface area (Å²) in [6, 6.07) is 3.90. The molecule has 27 heteroatoms. The van der Waals surface area contributed by atoms with Crippen LogP contribution in [0.1, 0.15) is 75.9 Å². The van der Waals surface area contributed by atoms with Crippen molar-refractivity contribution < 1.29 is 82.3 Å². The van der Waals surface area contributed by atoms with E-state index in [4.69, 9.17) is 30.9 Å². The Balaban J connectivity index is 0.000000335. The summed E-state index contributed by atoms with van der Waals surface area (Å²) in [7, 11) is -6.67. The highest BCUT2D eigenvalue weighted by atomic mass is 79.9. The van der Waals surface area contributed by atoms with Gasteiger partial charge in [0.15, 0.2) is 27.1 Å². The predicted molar refractivity (Wildman–Crippen MR) is 219 cm³/mol. The fourth-order valence-electron chi connectivity index (χ4n) is 4.84. The summed E-state index contributed by atoms with van der Waals surface area (Å²) >= 11 is 8.67. The van der Waals surface area contributed by atoms with Crippen molar-refractivity contribution >= 4 is 73.6 Å². The van der Waals surface area contributed by atoms with Crippen molar-refractivity contribution in [2.75, 3.05) is 37.9 Å². The third-order valence-electron chi connectivity index (χ3n) is 7.46. The first-order valence-corrected chi connectivity index (χ1v) is 24.8. The normalized spacial score (nSPS) is 13.8. The first-order chi connectivity index (χ1) is 28.7. The van der Waals surface area contributed by atoms with Crippen LogP contribution in [-0.4, -0.2) is 95.0 Å². The smallest absolute Gasteiger partial charge is 0.434 e. The van der Waals surface area contributed by atoms with E-state index in [9.17, 15) is 63.0 Å². The number of hydrogen-bond acceptors (Lipinski definition) is 12. The molecule has 1 aliphatic carbocycles. The Hall–Kier alpha value is -3.84. The molecule has 2 heterocycles. The second-order valence-electron chi connectivity index (χ2n) is 13.9. The number of ketones is 1. The molecule has 0 amide bonds. The van der Waals surface area contributed by atoms with Crippen molar-refractivity contribution in [1.29, 1.82) is 0 Å². The summed E-state index contributed by atoms with van der Waals surface area (Å²) in [5.41, 5.74) is -3.23. The number of ether oxygens (including phenoxy) is 1. The number of carboxylic acids is 1. The first-order valence-electron chi connectivity index (χ1n) is 17.5. The van der Waals surface area contributed by atoms with E-state index < -0.39 is 92.9 Å². The Morgan fingerprint density at radius 3 is 2.10 bits per heavy atom. The fraction of sp³-hybridized carbons (Fsp3) is 0.417. The lowest BCUT2D eigenvalue weighted by Gasteiger charge is -2.14. The Kier molecular flexibility index (Phi) is 19.6. The van der Waals surface area contributed by atoms with Crippen molar-refractivity contribution in [2.45, 2.75) is 56.0 Å². The highest BCUT2D eigenvalue weighted by Crippen LogP contribution is 2.43. The Morgan fingerprint density at radius 2 is 1.65 bits per heavy atom. The molecule has 1 atom stereocenters. The van der Waals surface area contributed by atoms with Gasteiger partial charge in [-0.1, -0.05) is 16.8 Å². The summed E-state index contributed by atoms with van der Waals surface area (Å²) in [4.78, 5) is 51.8. The van der Waals surface area contributed by atoms with Gasteiger partial charge in [0.2, 0.25) is 0 Å². The van der Waals surface area contributed by atoms with Crippen LogP contribution in [0.4, 0.5) is 30.7 Å². The molecule has 3 N–H and O–H groups in total. The Labute approximate surface area is 372 Å². The molecular weight excluding hydrogens is 1010 g/mol. The number of benzene rings is 2.